The van der Waals surface area contributed by atoms with Crippen LogP contribution in [0.25, 0.3) is 0 Å². The largest absolute Gasteiger partial charge is 0.493 e. The number of nitrogens with zero attached hydrogens (tertiary/aromatic N) is 3. The number of aliphatic imine (C=N–C) groups is 1. The van der Waals surface area contributed by atoms with Crippen molar-refractivity contribution >= 4 is 5.96 Å². The summed E-state index contributed by atoms with van der Waals surface area (Å²) in [5, 5.41) is 3.47. The summed E-state index contributed by atoms with van der Waals surface area (Å²) >= 11 is 0. The lowest BCUT2D eigenvalue weighted by molar-refractivity contribution is 0.172. The molecule has 3 rings (SSSR count). The topological polar surface area (TPSA) is 58.6 Å². The molecule has 0 amide bonds. The van der Waals surface area contributed by atoms with Crippen molar-refractivity contribution in [2.24, 2.45) is 4.99 Å². The van der Waals surface area contributed by atoms with E-state index in [9.17, 15) is 0 Å². The first kappa shape index (κ1) is 21.8. The molecule has 1 heterocycles. The predicted molar refractivity (Wildman–Crippen MR) is 120 cm³/mol. The molecule has 0 unspecified atom stereocenters. The van der Waals surface area contributed by atoms with E-state index in [2.05, 4.69) is 44.4 Å². The van der Waals surface area contributed by atoms with E-state index in [1.807, 2.05) is 25.2 Å². The molecule has 1 fully saturated rings. The van der Waals surface area contributed by atoms with Gasteiger partial charge in [0.25, 0.3) is 0 Å². The molecule has 1 N–H and O–H groups in total. The second kappa shape index (κ2) is 10.7. The van der Waals surface area contributed by atoms with Crippen molar-refractivity contribution in [3.05, 3.63) is 53.6 Å². The molecule has 0 atom stereocenters. The Hall–Kier alpha value is -2.93. The van der Waals surface area contributed by atoms with Gasteiger partial charge in [0.2, 0.25) is 5.75 Å². The number of piperazine rings is 1. The molecule has 30 heavy (non-hydrogen) atoms. The van der Waals surface area contributed by atoms with Crippen LogP contribution in [0.3, 0.4) is 0 Å². The molecule has 1 aliphatic heterocycles. The van der Waals surface area contributed by atoms with E-state index in [-0.39, 0.29) is 0 Å². The molecule has 0 bridgehead atoms. The van der Waals surface area contributed by atoms with Gasteiger partial charge in [-0.1, -0.05) is 30.3 Å². The maximum atomic E-state index is 5.48. The number of hydrogen-bond donors (Lipinski definition) is 1. The van der Waals surface area contributed by atoms with E-state index >= 15 is 0 Å². The molecule has 7 nitrogen and oxygen atoms in total. The number of ether oxygens (including phenoxy) is 3. The summed E-state index contributed by atoms with van der Waals surface area (Å²) in [5.41, 5.74) is 2.39. The van der Waals surface area contributed by atoms with Gasteiger partial charge in [-0.2, -0.15) is 0 Å². The molecule has 1 aliphatic rings. The van der Waals surface area contributed by atoms with E-state index < -0.39 is 0 Å². The fourth-order valence-electron chi connectivity index (χ4n) is 3.71. The van der Waals surface area contributed by atoms with Crippen LogP contribution in [0.2, 0.25) is 0 Å². The third-order valence-electron chi connectivity index (χ3n) is 5.31. The van der Waals surface area contributed by atoms with Crippen LogP contribution in [-0.4, -0.2) is 70.3 Å². The van der Waals surface area contributed by atoms with Crippen LogP contribution in [0.5, 0.6) is 17.2 Å². The molecule has 162 valence electrons. The molecule has 0 radical (unpaired) electrons. The SMILES string of the molecule is CN=C(NCc1ccccc1)N1CCN(Cc2cc(OC)c(OC)c(OC)c2)CC1. The van der Waals surface area contributed by atoms with Crippen LogP contribution in [0.15, 0.2) is 47.5 Å². The number of benzene rings is 2. The molecule has 1 saturated heterocycles. The standard InChI is InChI=1S/C23H32N4O3/c1-24-23(25-16-18-8-6-5-7-9-18)27-12-10-26(11-13-27)17-19-14-20(28-2)22(30-4)21(15-19)29-3/h5-9,14-15H,10-13,16-17H2,1-4H3,(H,24,25). The maximum Gasteiger partial charge on any atom is 0.203 e. The number of nitrogens with one attached hydrogen (secondary N) is 1. The van der Waals surface area contributed by atoms with Crippen molar-refractivity contribution in [3.63, 3.8) is 0 Å². The fraction of sp³-hybridized carbons (Fsp3) is 0.435. The molecule has 0 saturated carbocycles. The molecular formula is C23H32N4O3. The Morgan fingerprint density at radius 3 is 2.07 bits per heavy atom. The van der Waals surface area contributed by atoms with Gasteiger partial charge in [-0.05, 0) is 23.3 Å². The summed E-state index contributed by atoms with van der Waals surface area (Å²) in [5.74, 6) is 2.96. The molecule has 2 aromatic carbocycles. The van der Waals surface area contributed by atoms with Crippen molar-refractivity contribution in [1.29, 1.82) is 0 Å². The van der Waals surface area contributed by atoms with Crippen molar-refractivity contribution in [2.45, 2.75) is 13.1 Å². The molecule has 0 spiro atoms. The molecule has 0 aromatic heterocycles. The Labute approximate surface area is 179 Å². The van der Waals surface area contributed by atoms with E-state index in [4.69, 9.17) is 14.2 Å². The number of guanidine groups is 1. The summed E-state index contributed by atoms with van der Waals surface area (Å²) in [6.07, 6.45) is 0. The molecular weight excluding hydrogens is 380 g/mol. The van der Waals surface area contributed by atoms with Gasteiger partial charge < -0.3 is 24.4 Å². The lowest BCUT2D eigenvalue weighted by Gasteiger charge is -2.36. The second-order valence-electron chi connectivity index (χ2n) is 7.18. The first-order chi connectivity index (χ1) is 14.7. The van der Waals surface area contributed by atoms with Crippen LogP contribution in [0.1, 0.15) is 11.1 Å². The van der Waals surface area contributed by atoms with E-state index in [1.165, 1.54) is 5.56 Å². The highest BCUT2D eigenvalue weighted by Gasteiger charge is 2.21. The van der Waals surface area contributed by atoms with Crippen molar-refractivity contribution in [1.82, 2.24) is 15.1 Å². The van der Waals surface area contributed by atoms with Crippen LogP contribution in [-0.2, 0) is 13.1 Å². The van der Waals surface area contributed by atoms with Gasteiger partial charge >= 0.3 is 0 Å². The number of methoxy groups -OCH3 is 3. The first-order valence-corrected chi connectivity index (χ1v) is 10.2. The Balaban J connectivity index is 1.56. The molecule has 0 aliphatic carbocycles. The van der Waals surface area contributed by atoms with Crippen LogP contribution in [0, 0.1) is 0 Å². The zero-order chi connectivity index (χ0) is 21.3. The Morgan fingerprint density at radius 1 is 0.900 bits per heavy atom. The fourth-order valence-corrected chi connectivity index (χ4v) is 3.71. The number of rotatable bonds is 7. The smallest absolute Gasteiger partial charge is 0.203 e. The first-order valence-electron chi connectivity index (χ1n) is 10.2. The second-order valence-corrected chi connectivity index (χ2v) is 7.18. The summed E-state index contributed by atoms with van der Waals surface area (Å²) in [7, 11) is 6.76. The van der Waals surface area contributed by atoms with Crippen molar-refractivity contribution in [2.75, 3.05) is 54.6 Å². The van der Waals surface area contributed by atoms with Gasteiger partial charge in [-0.15, -0.1) is 0 Å². The highest BCUT2D eigenvalue weighted by molar-refractivity contribution is 5.80. The van der Waals surface area contributed by atoms with Crippen LogP contribution < -0.4 is 19.5 Å². The summed E-state index contributed by atoms with van der Waals surface area (Å²) in [6, 6.07) is 14.4. The minimum absolute atomic E-state index is 0.627. The zero-order valence-corrected chi connectivity index (χ0v) is 18.4. The summed E-state index contributed by atoms with van der Waals surface area (Å²) < 4.78 is 16.4. The lowest BCUT2D eigenvalue weighted by atomic mass is 10.1. The van der Waals surface area contributed by atoms with E-state index in [0.29, 0.717) is 17.2 Å². The molecule has 2 aromatic rings. The molecule has 7 heteroatoms. The highest BCUT2D eigenvalue weighted by atomic mass is 16.5. The Bertz CT molecular complexity index is 809. The monoisotopic (exact) mass is 412 g/mol. The van der Waals surface area contributed by atoms with Crippen molar-refractivity contribution in [3.8, 4) is 17.2 Å². The third-order valence-corrected chi connectivity index (χ3v) is 5.31. The van der Waals surface area contributed by atoms with Crippen LogP contribution >= 0.6 is 0 Å². The van der Waals surface area contributed by atoms with Gasteiger partial charge in [0.1, 0.15) is 0 Å². The predicted octanol–water partition coefficient (Wildman–Crippen LogP) is 2.61. The summed E-state index contributed by atoms with van der Waals surface area (Å²) in [6.45, 7) is 5.39. The minimum atomic E-state index is 0.627. The Morgan fingerprint density at radius 2 is 1.53 bits per heavy atom. The Kier molecular flexibility index (Phi) is 7.79. The van der Waals surface area contributed by atoms with Gasteiger partial charge in [0.05, 0.1) is 21.3 Å². The average molecular weight is 413 g/mol. The minimum Gasteiger partial charge on any atom is -0.493 e. The quantitative estimate of drug-likeness (QED) is 0.557. The van der Waals surface area contributed by atoms with E-state index in [1.54, 1.807) is 21.3 Å². The van der Waals surface area contributed by atoms with Gasteiger partial charge in [-0.3, -0.25) is 9.89 Å². The summed E-state index contributed by atoms with van der Waals surface area (Å²) in [4.78, 5) is 9.21. The lowest BCUT2D eigenvalue weighted by Crippen LogP contribution is -2.52. The number of hydrogen-bond acceptors (Lipinski definition) is 5. The van der Waals surface area contributed by atoms with E-state index in [0.717, 1.165) is 50.8 Å². The van der Waals surface area contributed by atoms with Crippen molar-refractivity contribution < 1.29 is 14.2 Å². The zero-order valence-electron chi connectivity index (χ0n) is 18.4. The van der Waals surface area contributed by atoms with Gasteiger partial charge in [0.15, 0.2) is 17.5 Å². The average Bonchev–Trinajstić information content (AvgIpc) is 2.80. The highest BCUT2D eigenvalue weighted by Crippen LogP contribution is 2.38. The maximum absolute atomic E-state index is 5.48. The third kappa shape index (κ3) is 5.36. The normalized spacial score (nSPS) is 15.1. The van der Waals surface area contributed by atoms with Gasteiger partial charge in [0, 0.05) is 46.3 Å². The van der Waals surface area contributed by atoms with Gasteiger partial charge in [-0.25, -0.2) is 0 Å². The van der Waals surface area contributed by atoms with Crippen LogP contribution in [0.4, 0.5) is 0 Å².